The van der Waals surface area contributed by atoms with Crippen molar-refractivity contribution in [2.45, 2.75) is 24.0 Å². The third-order valence-electron chi connectivity index (χ3n) is 4.00. The van der Waals surface area contributed by atoms with E-state index in [0.29, 0.717) is 6.07 Å². The molecule has 0 unspecified atom stereocenters. The molecule has 0 N–H and O–H groups in total. The molecule has 0 aliphatic rings. The molecular weight excluding hydrogens is 554 g/mol. The molecule has 3 aromatic heterocycles. The van der Waals surface area contributed by atoms with Crippen molar-refractivity contribution >= 4 is 30.7 Å². The third-order valence-corrected chi connectivity index (χ3v) is 5.82. The average Bonchev–Trinajstić information content (AvgIpc) is 3.22. The minimum absolute atomic E-state index is 0. The Balaban J connectivity index is 0.00000234. The van der Waals surface area contributed by atoms with Crippen LogP contribution in [0.2, 0.25) is 0 Å². The molecule has 3 aromatic rings. The van der Waals surface area contributed by atoms with Crippen molar-refractivity contribution in [1.29, 1.82) is 0 Å². The Labute approximate surface area is 211 Å². The maximum absolute atomic E-state index is 13.5. The first kappa shape index (κ1) is 31.2. The van der Waals surface area contributed by atoms with Crippen molar-refractivity contribution in [3.05, 3.63) is 18.1 Å². The summed E-state index contributed by atoms with van der Waals surface area (Å²) in [5.41, 5.74) is -2.20. The number of aromatic nitrogens is 6. The molecule has 0 fully saturated rings. The molecular formula is C14H12Cl2F5LiN6O2SZn. The van der Waals surface area contributed by atoms with Crippen LogP contribution in [0, 0.1) is 6.33 Å². The topological polar surface area (TPSA) is 95.6 Å². The van der Waals surface area contributed by atoms with Crippen LogP contribution >= 0.6 is 9.69 Å². The number of halogens is 7. The van der Waals surface area contributed by atoms with Gasteiger partial charge >= 0.3 is 58.0 Å². The Kier molecular flexibility index (Phi) is 10.8. The Morgan fingerprint density at radius 3 is 2.22 bits per heavy atom. The zero-order valence-corrected chi connectivity index (χ0v) is 22.3. The number of hydrogen-bond donors (Lipinski definition) is 0. The minimum Gasteiger partial charge on any atom is 1.00 e. The van der Waals surface area contributed by atoms with E-state index in [2.05, 4.69) is 26.5 Å². The first-order chi connectivity index (χ1) is 13.8. The summed E-state index contributed by atoms with van der Waals surface area (Å²) in [4.78, 5) is 7.83. The zero-order chi connectivity index (χ0) is 23.1. The fourth-order valence-corrected chi connectivity index (χ4v) is 3.67. The van der Waals surface area contributed by atoms with Gasteiger partial charge in [0, 0.05) is 24.2 Å². The van der Waals surface area contributed by atoms with Gasteiger partial charge in [-0.3, -0.25) is 0 Å². The van der Waals surface area contributed by atoms with Crippen LogP contribution in [0.1, 0.15) is 12.6 Å². The Hall–Kier alpha value is -0.839. The molecule has 0 aliphatic carbocycles. The summed E-state index contributed by atoms with van der Waals surface area (Å²) >= 11 is 0.847. The normalized spacial score (nSPS) is 12.0. The number of imidazole rings is 2. The number of sulfone groups is 1. The first-order valence-corrected chi connectivity index (χ1v) is 13.5. The minimum atomic E-state index is -5.86. The van der Waals surface area contributed by atoms with E-state index in [1.165, 1.54) is 25.6 Å². The van der Waals surface area contributed by atoms with E-state index in [1.807, 2.05) is 0 Å². The zero-order valence-electron chi connectivity index (χ0n) is 17.0. The van der Waals surface area contributed by atoms with Gasteiger partial charge in [0.25, 0.3) is 0 Å². The summed E-state index contributed by atoms with van der Waals surface area (Å²) in [7, 11) is 3.77. The molecule has 0 aliphatic heterocycles. The van der Waals surface area contributed by atoms with Gasteiger partial charge in [0.2, 0.25) is 0 Å². The van der Waals surface area contributed by atoms with Gasteiger partial charge in [-0.2, -0.15) is 22.0 Å². The second kappa shape index (κ2) is 11.1. The van der Waals surface area contributed by atoms with E-state index in [-0.39, 0.29) is 64.7 Å². The van der Waals surface area contributed by atoms with Crippen LogP contribution in [0.4, 0.5) is 22.0 Å². The number of rotatable bonds is 4. The molecule has 3 rings (SSSR count). The van der Waals surface area contributed by atoms with E-state index in [1.54, 1.807) is 0 Å². The van der Waals surface area contributed by atoms with E-state index in [0.717, 1.165) is 21.9 Å². The molecule has 32 heavy (non-hydrogen) atoms. The van der Waals surface area contributed by atoms with E-state index in [9.17, 15) is 30.4 Å². The molecule has 0 bridgehead atoms. The van der Waals surface area contributed by atoms with Crippen molar-refractivity contribution < 1.29 is 78.9 Å². The number of aryl methyl sites for hydroxylation is 2. The van der Waals surface area contributed by atoms with Crippen LogP contribution in [-0.2, 0) is 47.2 Å². The summed E-state index contributed by atoms with van der Waals surface area (Å²) in [5, 5.41) is 6.15. The fourth-order valence-electron chi connectivity index (χ4n) is 2.51. The van der Waals surface area contributed by atoms with Crippen molar-refractivity contribution in [3.63, 3.8) is 0 Å². The van der Waals surface area contributed by atoms with Gasteiger partial charge in [0.15, 0.2) is 5.65 Å². The predicted octanol–water partition coefficient (Wildman–Crippen LogP) is -3.29. The summed E-state index contributed by atoms with van der Waals surface area (Å²) < 4.78 is 91.7. The van der Waals surface area contributed by atoms with Crippen LogP contribution < -0.4 is 31.3 Å². The first-order valence-electron chi connectivity index (χ1n) is 7.90. The van der Waals surface area contributed by atoms with Gasteiger partial charge < -0.3 is 26.5 Å². The SMILES string of the molecule is CCS(=O)(=O)c1c(-c2nc3cc(C(F)(F)C(F)(F)F)nnc3n2C)n[c-]n1C.[Cl-].[Cl][Zn+].[Li+]. The molecule has 0 atom stereocenters. The summed E-state index contributed by atoms with van der Waals surface area (Å²) in [6, 6.07) is 0.458. The maximum Gasteiger partial charge on any atom is 1.00 e. The molecule has 0 amide bonds. The number of nitrogens with zero attached hydrogens (tertiary/aromatic N) is 6. The molecule has 0 spiro atoms. The van der Waals surface area contributed by atoms with E-state index in [4.69, 9.17) is 9.69 Å². The molecule has 3 heterocycles. The second-order valence-electron chi connectivity index (χ2n) is 5.83. The predicted molar refractivity (Wildman–Crippen MR) is 90.9 cm³/mol. The van der Waals surface area contributed by atoms with Crippen molar-refractivity contribution in [3.8, 4) is 11.5 Å². The van der Waals surface area contributed by atoms with Crippen LogP contribution in [-0.4, -0.2) is 49.6 Å². The van der Waals surface area contributed by atoms with Crippen molar-refractivity contribution in [2.24, 2.45) is 14.1 Å². The number of alkyl halides is 5. The molecule has 168 valence electrons. The molecule has 8 nitrogen and oxygen atoms in total. The standard InChI is InChI=1S/C14H12F5N6O2S.2ClH.Li.Zn/c1-4-28(26,27)12-9(20-6-24(12)2)11-21-7-5-8(13(15,16)14(17,18)19)22-23-10(7)25(11)3;;;;/h5H,4H2,1-3H3;2*1H;;/q-1;;;+1;+2/p-2. The van der Waals surface area contributed by atoms with Gasteiger partial charge in [-0.05, 0) is 18.8 Å². The molecule has 18 heteroatoms. The second-order valence-corrected chi connectivity index (χ2v) is 8.03. The van der Waals surface area contributed by atoms with Crippen LogP contribution in [0.5, 0.6) is 0 Å². The Morgan fingerprint density at radius 2 is 1.72 bits per heavy atom. The number of fused-ring (bicyclic) bond motifs is 1. The van der Waals surface area contributed by atoms with Gasteiger partial charge in [-0.25, -0.2) is 13.4 Å². The Morgan fingerprint density at radius 1 is 1.16 bits per heavy atom. The largest absolute Gasteiger partial charge is 1.00 e. The maximum atomic E-state index is 13.5. The molecule has 0 aromatic carbocycles. The van der Waals surface area contributed by atoms with Crippen LogP contribution in [0.25, 0.3) is 22.7 Å². The summed E-state index contributed by atoms with van der Waals surface area (Å²) in [6.45, 7) is 1.41. The van der Waals surface area contributed by atoms with Gasteiger partial charge in [-0.15, -0.1) is 10.2 Å². The molecule has 0 saturated heterocycles. The Bertz CT molecular complexity index is 1190. The quantitative estimate of drug-likeness (QED) is 0.187. The molecule has 0 saturated carbocycles. The van der Waals surface area contributed by atoms with Crippen LogP contribution in [0.3, 0.4) is 0 Å². The van der Waals surface area contributed by atoms with Gasteiger partial charge in [0.1, 0.15) is 21.0 Å². The van der Waals surface area contributed by atoms with Crippen LogP contribution in [0.15, 0.2) is 11.1 Å². The van der Waals surface area contributed by atoms with E-state index >= 15 is 0 Å². The smallest absolute Gasteiger partial charge is 1.00 e. The average molecular weight is 567 g/mol. The van der Waals surface area contributed by atoms with E-state index < -0.39 is 27.6 Å². The third kappa shape index (κ3) is 5.45. The monoisotopic (exact) mass is 564 g/mol. The van der Waals surface area contributed by atoms with Crippen molar-refractivity contribution in [2.75, 3.05) is 5.75 Å². The number of hydrogen-bond acceptors (Lipinski definition) is 6. The summed E-state index contributed by atoms with van der Waals surface area (Å²) in [6.07, 6.45) is -3.42. The fraction of sp³-hybridized carbons (Fsp3) is 0.429. The van der Waals surface area contributed by atoms with Gasteiger partial charge in [0.05, 0.1) is 5.82 Å². The molecule has 0 radical (unpaired) electrons. The van der Waals surface area contributed by atoms with Gasteiger partial charge in [-0.1, -0.05) is 6.92 Å². The summed E-state index contributed by atoms with van der Waals surface area (Å²) in [5.74, 6) is -5.57. The van der Waals surface area contributed by atoms with Crippen molar-refractivity contribution in [1.82, 2.24) is 29.3 Å².